The summed E-state index contributed by atoms with van der Waals surface area (Å²) in [5, 5.41) is 0.533. The summed E-state index contributed by atoms with van der Waals surface area (Å²) in [6, 6.07) is 3.94. The summed E-state index contributed by atoms with van der Waals surface area (Å²) in [5.74, 6) is 1.53. The zero-order valence-electron chi connectivity index (χ0n) is 14.1. The van der Waals surface area contributed by atoms with Gasteiger partial charge in [-0.05, 0) is 63.5 Å². The number of hydrogen-bond acceptors (Lipinski definition) is 4. The molecule has 1 saturated carbocycles. The van der Waals surface area contributed by atoms with Gasteiger partial charge in [0.2, 0.25) is 0 Å². The van der Waals surface area contributed by atoms with E-state index < -0.39 is 5.60 Å². The molecule has 4 nitrogen and oxygen atoms in total. The van der Waals surface area contributed by atoms with E-state index >= 15 is 0 Å². The van der Waals surface area contributed by atoms with Crippen LogP contribution in [-0.4, -0.2) is 29.6 Å². The average molecular weight is 337 g/mol. The van der Waals surface area contributed by atoms with Crippen molar-refractivity contribution in [2.24, 2.45) is 17.8 Å². The van der Waals surface area contributed by atoms with Gasteiger partial charge in [0.15, 0.2) is 0 Å². The van der Waals surface area contributed by atoms with Crippen molar-refractivity contribution in [1.29, 1.82) is 0 Å². The molecule has 1 aliphatic heterocycles. The number of rotatable bonds is 3. The molecule has 1 saturated heterocycles. The zero-order chi connectivity index (χ0) is 16.6. The van der Waals surface area contributed by atoms with Gasteiger partial charge in [-0.15, -0.1) is 0 Å². The molecule has 2 aliphatic rings. The maximum atomic E-state index is 12.2. The third kappa shape index (κ3) is 3.97. The fourth-order valence-electron chi connectivity index (χ4n) is 4.04. The van der Waals surface area contributed by atoms with Gasteiger partial charge in [0.1, 0.15) is 10.8 Å². The average Bonchev–Trinajstić information content (AvgIpc) is 2.68. The second-order valence-electron chi connectivity index (χ2n) is 7.79. The molecule has 0 aromatic carbocycles. The maximum Gasteiger partial charge on any atom is 0.306 e. The Labute approximate surface area is 143 Å². The predicted octanol–water partition coefficient (Wildman–Crippen LogP) is 3.93. The van der Waals surface area contributed by atoms with Crippen LogP contribution in [0.2, 0.25) is 5.15 Å². The molecule has 3 atom stereocenters. The Morgan fingerprint density at radius 1 is 1.35 bits per heavy atom. The van der Waals surface area contributed by atoms with Crippen molar-refractivity contribution in [2.45, 2.75) is 45.6 Å². The standard InChI is InChI=1S/C18H25ClN2O2/c1-18(2,3)23-17(22)9-15-12-4-5-13(15)11-21(10-12)14-6-7-20-16(19)8-14/h6-8,12-13,15H,4-5,9-11H2,1-3H3/t12-,13+,15?. The minimum atomic E-state index is -0.398. The van der Waals surface area contributed by atoms with Gasteiger partial charge in [-0.2, -0.15) is 0 Å². The molecule has 1 aromatic heterocycles. The highest BCUT2D eigenvalue weighted by Crippen LogP contribution is 2.45. The summed E-state index contributed by atoms with van der Waals surface area (Å²) >= 11 is 6.01. The number of halogens is 1. The molecule has 23 heavy (non-hydrogen) atoms. The largest absolute Gasteiger partial charge is 0.460 e. The number of esters is 1. The lowest BCUT2D eigenvalue weighted by Gasteiger charge is -2.39. The number of aromatic nitrogens is 1. The predicted molar refractivity (Wildman–Crippen MR) is 91.6 cm³/mol. The fraction of sp³-hybridized carbons (Fsp3) is 0.667. The zero-order valence-corrected chi connectivity index (χ0v) is 14.8. The van der Waals surface area contributed by atoms with Gasteiger partial charge in [0.25, 0.3) is 0 Å². The first kappa shape index (κ1) is 16.6. The third-order valence-corrected chi connectivity index (χ3v) is 5.13. The molecular weight excluding hydrogens is 312 g/mol. The third-order valence-electron chi connectivity index (χ3n) is 4.93. The van der Waals surface area contributed by atoms with Crippen LogP contribution in [0.1, 0.15) is 40.0 Å². The quantitative estimate of drug-likeness (QED) is 0.619. The minimum absolute atomic E-state index is 0.0557. The maximum absolute atomic E-state index is 12.2. The second kappa shape index (κ2) is 6.31. The van der Waals surface area contributed by atoms with Gasteiger partial charge in [-0.25, -0.2) is 4.98 Å². The van der Waals surface area contributed by atoms with Gasteiger partial charge < -0.3 is 9.64 Å². The molecule has 0 N–H and O–H groups in total. The van der Waals surface area contributed by atoms with Crippen molar-refractivity contribution < 1.29 is 9.53 Å². The van der Waals surface area contributed by atoms with Crippen molar-refractivity contribution in [1.82, 2.24) is 4.98 Å². The first-order valence-corrected chi connectivity index (χ1v) is 8.78. The SMILES string of the molecule is CC(C)(C)OC(=O)CC1[C@@H]2CC[C@H]1CN(c1ccnc(Cl)c1)C2. The summed E-state index contributed by atoms with van der Waals surface area (Å²) in [6.45, 7) is 7.76. The summed E-state index contributed by atoms with van der Waals surface area (Å²) in [6.07, 6.45) is 4.71. The molecule has 0 amide bonds. The van der Waals surface area contributed by atoms with Crippen molar-refractivity contribution >= 4 is 23.3 Å². The fourth-order valence-corrected chi connectivity index (χ4v) is 4.21. The van der Waals surface area contributed by atoms with Crippen LogP contribution in [0.5, 0.6) is 0 Å². The van der Waals surface area contributed by atoms with E-state index in [-0.39, 0.29) is 5.97 Å². The van der Waals surface area contributed by atoms with Crippen molar-refractivity contribution in [2.75, 3.05) is 18.0 Å². The van der Waals surface area contributed by atoms with Gasteiger partial charge in [-0.3, -0.25) is 4.79 Å². The van der Waals surface area contributed by atoms with Crippen LogP contribution in [0.25, 0.3) is 0 Å². The number of carbonyl (C=O) groups is 1. The number of carbonyl (C=O) groups excluding carboxylic acids is 1. The molecule has 5 heteroatoms. The van der Waals surface area contributed by atoms with Gasteiger partial charge in [0.05, 0.1) is 0 Å². The van der Waals surface area contributed by atoms with Gasteiger partial charge in [-0.1, -0.05) is 11.6 Å². The van der Waals surface area contributed by atoms with Crippen LogP contribution in [0.3, 0.4) is 0 Å². The Hall–Kier alpha value is -1.29. The van der Waals surface area contributed by atoms with E-state index in [1.807, 2.05) is 32.9 Å². The molecule has 1 aliphatic carbocycles. The lowest BCUT2D eigenvalue weighted by molar-refractivity contribution is -0.156. The molecule has 1 aromatic rings. The molecule has 1 unspecified atom stereocenters. The Kier molecular flexibility index (Phi) is 4.54. The number of pyridine rings is 1. The van der Waals surface area contributed by atoms with E-state index in [0.717, 1.165) is 18.8 Å². The van der Waals surface area contributed by atoms with E-state index in [1.54, 1.807) is 6.20 Å². The molecule has 0 spiro atoms. The van der Waals surface area contributed by atoms with Crippen LogP contribution >= 0.6 is 11.6 Å². The Morgan fingerprint density at radius 3 is 2.57 bits per heavy atom. The van der Waals surface area contributed by atoms with Crippen LogP contribution in [-0.2, 0) is 9.53 Å². The van der Waals surface area contributed by atoms with Gasteiger partial charge in [0, 0.05) is 31.4 Å². The molecule has 2 heterocycles. The molecule has 0 radical (unpaired) electrons. The highest BCUT2D eigenvalue weighted by molar-refractivity contribution is 6.29. The Morgan fingerprint density at radius 2 is 2.00 bits per heavy atom. The lowest BCUT2D eigenvalue weighted by atomic mass is 9.82. The highest BCUT2D eigenvalue weighted by Gasteiger charge is 2.43. The van der Waals surface area contributed by atoms with Crippen molar-refractivity contribution in [3.05, 3.63) is 23.5 Å². The van der Waals surface area contributed by atoms with Crippen LogP contribution < -0.4 is 4.90 Å². The summed E-state index contributed by atoms with van der Waals surface area (Å²) < 4.78 is 5.51. The van der Waals surface area contributed by atoms with Crippen LogP contribution in [0.15, 0.2) is 18.3 Å². The number of piperidine rings is 1. The number of ether oxygens (including phenoxy) is 1. The summed E-state index contributed by atoms with van der Waals surface area (Å²) in [5.41, 5.74) is 0.738. The Balaban J connectivity index is 1.64. The monoisotopic (exact) mass is 336 g/mol. The Bertz CT molecular complexity index is 571. The minimum Gasteiger partial charge on any atom is -0.460 e. The first-order valence-electron chi connectivity index (χ1n) is 8.40. The van der Waals surface area contributed by atoms with E-state index in [4.69, 9.17) is 16.3 Å². The lowest BCUT2D eigenvalue weighted by Crippen LogP contribution is -2.43. The van der Waals surface area contributed by atoms with E-state index in [0.29, 0.717) is 29.3 Å². The van der Waals surface area contributed by atoms with Gasteiger partial charge >= 0.3 is 5.97 Å². The molecular formula is C18H25ClN2O2. The van der Waals surface area contributed by atoms with Crippen LogP contribution in [0.4, 0.5) is 5.69 Å². The normalized spacial score (nSPS) is 27.1. The van der Waals surface area contributed by atoms with E-state index in [2.05, 4.69) is 9.88 Å². The van der Waals surface area contributed by atoms with Crippen molar-refractivity contribution in [3.63, 3.8) is 0 Å². The molecule has 2 bridgehead atoms. The number of nitrogens with zero attached hydrogens (tertiary/aromatic N) is 2. The summed E-state index contributed by atoms with van der Waals surface area (Å²) in [4.78, 5) is 18.6. The second-order valence-corrected chi connectivity index (χ2v) is 8.18. The number of anilines is 1. The number of hydrogen-bond donors (Lipinski definition) is 0. The first-order chi connectivity index (χ1) is 10.8. The van der Waals surface area contributed by atoms with E-state index in [9.17, 15) is 4.79 Å². The summed E-state index contributed by atoms with van der Waals surface area (Å²) in [7, 11) is 0. The van der Waals surface area contributed by atoms with Crippen LogP contribution in [0, 0.1) is 17.8 Å². The topological polar surface area (TPSA) is 42.4 Å². The molecule has 126 valence electrons. The van der Waals surface area contributed by atoms with Crippen molar-refractivity contribution in [3.8, 4) is 0 Å². The highest BCUT2D eigenvalue weighted by atomic mass is 35.5. The smallest absolute Gasteiger partial charge is 0.306 e. The molecule has 2 fully saturated rings. The van der Waals surface area contributed by atoms with E-state index in [1.165, 1.54) is 12.8 Å². The molecule has 3 rings (SSSR count). The number of fused-ring (bicyclic) bond motifs is 2.